The SMILES string of the molecule is Cc1cnccc1NCCOCCO. The molecular formula is C10H16N2O2. The third-order valence-electron chi connectivity index (χ3n) is 1.82. The minimum absolute atomic E-state index is 0.0777. The standard InChI is InChI=1S/C10H16N2O2/c1-9-8-11-3-2-10(9)12-4-6-14-7-5-13/h2-3,8,13H,4-7H2,1H3,(H,11,12). The summed E-state index contributed by atoms with van der Waals surface area (Å²) < 4.78 is 5.12. The van der Waals surface area contributed by atoms with E-state index >= 15 is 0 Å². The van der Waals surface area contributed by atoms with Gasteiger partial charge in [0, 0.05) is 24.6 Å². The van der Waals surface area contributed by atoms with Crippen molar-refractivity contribution in [3.05, 3.63) is 24.0 Å². The summed E-state index contributed by atoms with van der Waals surface area (Å²) in [5.74, 6) is 0. The zero-order valence-corrected chi connectivity index (χ0v) is 8.36. The van der Waals surface area contributed by atoms with Gasteiger partial charge < -0.3 is 15.2 Å². The van der Waals surface area contributed by atoms with Gasteiger partial charge in [-0.1, -0.05) is 0 Å². The highest BCUT2D eigenvalue weighted by atomic mass is 16.5. The van der Waals surface area contributed by atoms with Crippen LogP contribution in [0.15, 0.2) is 18.5 Å². The van der Waals surface area contributed by atoms with Gasteiger partial charge in [0.25, 0.3) is 0 Å². The first-order valence-corrected chi connectivity index (χ1v) is 4.67. The van der Waals surface area contributed by atoms with Gasteiger partial charge in [0.1, 0.15) is 0 Å². The number of nitrogens with one attached hydrogen (secondary N) is 1. The second-order valence-corrected chi connectivity index (χ2v) is 2.95. The van der Waals surface area contributed by atoms with Crippen molar-refractivity contribution in [2.45, 2.75) is 6.92 Å². The van der Waals surface area contributed by atoms with Crippen LogP contribution in [0.1, 0.15) is 5.56 Å². The van der Waals surface area contributed by atoms with Crippen LogP contribution < -0.4 is 5.32 Å². The number of hydrogen-bond acceptors (Lipinski definition) is 4. The highest BCUT2D eigenvalue weighted by Gasteiger charge is 1.95. The van der Waals surface area contributed by atoms with E-state index in [1.54, 1.807) is 6.20 Å². The second kappa shape index (κ2) is 6.34. The van der Waals surface area contributed by atoms with Crippen LogP contribution in [-0.2, 0) is 4.74 Å². The number of pyridine rings is 1. The number of ether oxygens (including phenoxy) is 1. The Balaban J connectivity index is 2.21. The second-order valence-electron chi connectivity index (χ2n) is 2.95. The minimum Gasteiger partial charge on any atom is -0.394 e. The van der Waals surface area contributed by atoms with Crippen LogP contribution in [0.2, 0.25) is 0 Å². The fraction of sp³-hybridized carbons (Fsp3) is 0.500. The van der Waals surface area contributed by atoms with E-state index in [-0.39, 0.29) is 6.61 Å². The molecular weight excluding hydrogens is 180 g/mol. The van der Waals surface area contributed by atoms with E-state index in [1.165, 1.54) is 0 Å². The number of anilines is 1. The maximum Gasteiger partial charge on any atom is 0.0698 e. The molecule has 0 unspecified atom stereocenters. The van der Waals surface area contributed by atoms with Crippen LogP contribution in [0.25, 0.3) is 0 Å². The molecule has 1 aromatic rings. The van der Waals surface area contributed by atoms with Gasteiger partial charge in [-0.3, -0.25) is 4.98 Å². The molecule has 0 aliphatic heterocycles. The zero-order chi connectivity index (χ0) is 10.2. The number of aliphatic hydroxyl groups excluding tert-OH is 1. The van der Waals surface area contributed by atoms with Gasteiger partial charge in [0.2, 0.25) is 0 Å². The van der Waals surface area contributed by atoms with Crippen LogP contribution in [0.3, 0.4) is 0 Å². The van der Waals surface area contributed by atoms with Gasteiger partial charge in [0.05, 0.1) is 19.8 Å². The molecule has 4 heteroatoms. The highest BCUT2D eigenvalue weighted by molar-refractivity contribution is 5.48. The molecule has 0 atom stereocenters. The first kappa shape index (κ1) is 10.9. The molecule has 0 fully saturated rings. The minimum atomic E-state index is 0.0777. The summed E-state index contributed by atoms with van der Waals surface area (Å²) in [6.07, 6.45) is 3.57. The van der Waals surface area contributed by atoms with Gasteiger partial charge in [-0.15, -0.1) is 0 Å². The van der Waals surface area contributed by atoms with Crippen LogP contribution >= 0.6 is 0 Å². The Labute approximate surface area is 83.9 Å². The molecule has 1 aromatic heterocycles. The molecule has 0 saturated carbocycles. The molecule has 0 aliphatic carbocycles. The van der Waals surface area contributed by atoms with Crippen LogP contribution in [0.4, 0.5) is 5.69 Å². The van der Waals surface area contributed by atoms with E-state index in [1.807, 2.05) is 19.2 Å². The van der Waals surface area contributed by atoms with Gasteiger partial charge in [-0.05, 0) is 18.6 Å². The Kier molecular flexibility index (Phi) is 4.96. The smallest absolute Gasteiger partial charge is 0.0698 e. The van der Waals surface area contributed by atoms with Crippen LogP contribution in [-0.4, -0.2) is 36.5 Å². The summed E-state index contributed by atoms with van der Waals surface area (Å²) in [7, 11) is 0. The van der Waals surface area contributed by atoms with Crippen molar-refractivity contribution < 1.29 is 9.84 Å². The summed E-state index contributed by atoms with van der Waals surface area (Å²) in [4.78, 5) is 4.00. The van der Waals surface area contributed by atoms with Crippen molar-refractivity contribution in [3.8, 4) is 0 Å². The van der Waals surface area contributed by atoms with Crippen LogP contribution in [0.5, 0.6) is 0 Å². The third-order valence-corrected chi connectivity index (χ3v) is 1.82. The van der Waals surface area contributed by atoms with E-state index in [2.05, 4.69) is 10.3 Å². The fourth-order valence-corrected chi connectivity index (χ4v) is 1.10. The number of aliphatic hydroxyl groups is 1. The predicted molar refractivity (Wildman–Crippen MR) is 55.4 cm³/mol. The molecule has 78 valence electrons. The molecule has 4 nitrogen and oxygen atoms in total. The van der Waals surface area contributed by atoms with Crippen molar-refractivity contribution in [3.63, 3.8) is 0 Å². The Morgan fingerprint density at radius 2 is 2.36 bits per heavy atom. The van der Waals surface area contributed by atoms with E-state index in [4.69, 9.17) is 9.84 Å². The summed E-state index contributed by atoms with van der Waals surface area (Å²) in [6, 6.07) is 1.93. The average Bonchev–Trinajstić information content (AvgIpc) is 2.20. The van der Waals surface area contributed by atoms with Crippen molar-refractivity contribution in [1.82, 2.24) is 4.98 Å². The van der Waals surface area contributed by atoms with E-state index in [0.29, 0.717) is 13.2 Å². The molecule has 0 saturated heterocycles. The summed E-state index contributed by atoms with van der Waals surface area (Å²) in [5.41, 5.74) is 2.20. The molecule has 0 amide bonds. The van der Waals surface area contributed by atoms with Crippen molar-refractivity contribution in [2.24, 2.45) is 0 Å². The lowest BCUT2D eigenvalue weighted by Gasteiger charge is -2.08. The number of aryl methyl sites for hydroxylation is 1. The van der Waals surface area contributed by atoms with Crippen LogP contribution in [0, 0.1) is 6.92 Å². The maximum absolute atomic E-state index is 8.47. The lowest BCUT2D eigenvalue weighted by molar-refractivity contribution is 0.0992. The lowest BCUT2D eigenvalue weighted by atomic mass is 10.2. The van der Waals surface area contributed by atoms with Crippen molar-refractivity contribution in [1.29, 1.82) is 0 Å². The third kappa shape index (κ3) is 3.72. The van der Waals surface area contributed by atoms with Gasteiger partial charge in [0.15, 0.2) is 0 Å². The number of rotatable bonds is 6. The molecule has 0 spiro atoms. The number of hydrogen-bond donors (Lipinski definition) is 2. The van der Waals surface area contributed by atoms with Gasteiger partial charge >= 0.3 is 0 Å². The molecule has 0 aliphatic rings. The quantitative estimate of drug-likeness (QED) is 0.661. The Hall–Kier alpha value is -1.13. The fourth-order valence-electron chi connectivity index (χ4n) is 1.10. The number of aromatic nitrogens is 1. The molecule has 1 rings (SSSR count). The van der Waals surface area contributed by atoms with E-state index in [9.17, 15) is 0 Å². The molecule has 0 radical (unpaired) electrons. The van der Waals surface area contributed by atoms with E-state index in [0.717, 1.165) is 17.8 Å². The Bertz CT molecular complexity index is 266. The first-order chi connectivity index (χ1) is 6.84. The number of nitrogens with zero attached hydrogens (tertiary/aromatic N) is 1. The van der Waals surface area contributed by atoms with E-state index < -0.39 is 0 Å². The zero-order valence-electron chi connectivity index (χ0n) is 8.36. The van der Waals surface area contributed by atoms with Crippen molar-refractivity contribution >= 4 is 5.69 Å². The normalized spacial score (nSPS) is 10.1. The largest absolute Gasteiger partial charge is 0.394 e. The molecule has 0 aromatic carbocycles. The highest BCUT2D eigenvalue weighted by Crippen LogP contribution is 2.10. The molecule has 2 N–H and O–H groups in total. The molecule has 0 bridgehead atoms. The lowest BCUT2D eigenvalue weighted by Crippen LogP contribution is -2.11. The summed E-state index contributed by atoms with van der Waals surface area (Å²) >= 11 is 0. The maximum atomic E-state index is 8.47. The van der Waals surface area contributed by atoms with Gasteiger partial charge in [-0.2, -0.15) is 0 Å². The Morgan fingerprint density at radius 3 is 3.07 bits per heavy atom. The summed E-state index contributed by atoms with van der Waals surface area (Å²) in [5, 5.41) is 11.7. The molecule has 1 heterocycles. The van der Waals surface area contributed by atoms with Crippen molar-refractivity contribution in [2.75, 3.05) is 31.7 Å². The average molecular weight is 196 g/mol. The topological polar surface area (TPSA) is 54.4 Å². The summed E-state index contributed by atoms with van der Waals surface area (Å²) in [6.45, 7) is 3.82. The predicted octanol–water partition coefficient (Wildman–Crippen LogP) is 0.811. The molecule has 14 heavy (non-hydrogen) atoms. The Morgan fingerprint density at radius 1 is 1.50 bits per heavy atom. The first-order valence-electron chi connectivity index (χ1n) is 4.67. The van der Waals surface area contributed by atoms with Gasteiger partial charge in [-0.25, -0.2) is 0 Å². The monoisotopic (exact) mass is 196 g/mol.